The highest BCUT2D eigenvalue weighted by atomic mass is 35.5. The minimum absolute atomic E-state index is 0.277. The molecule has 0 radical (unpaired) electrons. The number of halogens is 1. The van der Waals surface area contributed by atoms with Gasteiger partial charge in [0.25, 0.3) is 5.56 Å². The normalized spacial score (nSPS) is 10.5. The first-order valence-electron chi connectivity index (χ1n) is 6.92. The highest BCUT2D eigenvalue weighted by molar-refractivity contribution is 6.30. The third kappa shape index (κ3) is 3.08. The van der Waals surface area contributed by atoms with E-state index in [1.54, 1.807) is 43.7 Å². The summed E-state index contributed by atoms with van der Waals surface area (Å²) >= 11 is 5.95. The van der Waals surface area contributed by atoms with Gasteiger partial charge in [-0.3, -0.25) is 9.78 Å². The molecule has 6 nitrogen and oxygen atoms in total. The maximum atomic E-state index is 12.4. The van der Waals surface area contributed by atoms with Crippen LogP contribution in [0.1, 0.15) is 0 Å². The Kier molecular flexibility index (Phi) is 4.36. The Balaban J connectivity index is 2.31. The summed E-state index contributed by atoms with van der Waals surface area (Å²) in [6.07, 6.45) is 3.34. The van der Waals surface area contributed by atoms with Crippen LogP contribution < -0.4 is 16.4 Å². The summed E-state index contributed by atoms with van der Waals surface area (Å²) in [7, 11) is 1.73. The van der Waals surface area contributed by atoms with Crippen molar-refractivity contribution in [2.24, 2.45) is 0 Å². The Morgan fingerprint density at radius 3 is 2.30 bits per heavy atom. The molecular weight excluding hydrogens is 314 g/mol. The van der Waals surface area contributed by atoms with E-state index in [2.05, 4.69) is 26.0 Å². The van der Waals surface area contributed by atoms with Gasteiger partial charge in [0.2, 0.25) is 0 Å². The topological polar surface area (TPSA) is 82.7 Å². The number of nitrogens with one attached hydrogen (secondary N) is 3. The van der Waals surface area contributed by atoms with Crippen LogP contribution in [0, 0.1) is 0 Å². The lowest BCUT2D eigenvalue weighted by molar-refractivity contribution is 0.919. The number of benzene rings is 1. The van der Waals surface area contributed by atoms with Gasteiger partial charge in [0.1, 0.15) is 0 Å². The second-order valence-corrected chi connectivity index (χ2v) is 5.21. The lowest BCUT2D eigenvalue weighted by Crippen LogP contribution is -2.21. The van der Waals surface area contributed by atoms with Crippen molar-refractivity contribution in [1.82, 2.24) is 20.6 Å². The van der Waals surface area contributed by atoms with Gasteiger partial charge in [-0.25, -0.2) is 10.5 Å². The van der Waals surface area contributed by atoms with Gasteiger partial charge in [-0.1, -0.05) is 23.7 Å². The summed E-state index contributed by atoms with van der Waals surface area (Å²) in [5.41, 5.74) is 8.29. The number of aromatic nitrogens is 3. The van der Waals surface area contributed by atoms with E-state index in [0.29, 0.717) is 22.0 Å². The van der Waals surface area contributed by atoms with E-state index >= 15 is 0 Å². The number of anilines is 1. The van der Waals surface area contributed by atoms with E-state index in [1.165, 1.54) is 0 Å². The third-order valence-electron chi connectivity index (χ3n) is 3.33. The van der Waals surface area contributed by atoms with Crippen molar-refractivity contribution in [2.75, 3.05) is 12.5 Å². The van der Waals surface area contributed by atoms with Crippen LogP contribution in [0.3, 0.4) is 0 Å². The zero-order chi connectivity index (χ0) is 16.2. The van der Waals surface area contributed by atoms with E-state index in [4.69, 9.17) is 11.6 Å². The summed E-state index contributed by atoms with van der Waals surface area (Å²) in [5, 5.41) is 7.22. The highest BCUT2D eigenvalue weighted by Gasteiger charge is 2.17. The average Bonchev–Trinajstić information content (AvgIpc) is 2.58. The predicted octanol–water partition coefficient (Wildman–Crippen LogP) is 2.70. The molecule has 0 fully saturated rings. The molecule has 0 saturated carbocycles. The van der Waals surface area contributed by atoms with Crippen molar-refractivity contribution in [3.8, 4) is 22.3 Å². The minimum atomic E-state index is -0.277. The maximum absolute atomic E-state index is 12.4. The molecule has 7 heteroatoms. The molecular formula is C16H14ClN5O. The quantitative estimate of drug-likeness (QED) is 0.642. The average molecular weight is 328 g/mol. The summed E-state index contributed by atoms with van der Waals surface area (Å²) in [6, 6.07) is 10.8. The number of hydrazine groups is 1. The van der Waals surface area contributed by atoms with E-state index < -0.39 is 0 Å². The Morgan fingerprint density at radius 1 is 1.00 bits per heavy atom. The van der Waals surface area contributed by atoms with Crippen molar-refractivity contribution in [1.29, 1.82) is 0 Å². The first-order chi connectivity index (χ1) is 11.2. The van der Waals surface area contributed by atoms with E-state index in [0.717, 1.165) is 11.1 Å². The standard InChI is InChI=1S/C16H14ClN5O/c1-18-20-15-13(11-6-8-19-9-7-11)14(16(23)22-21-15)10-2-4-12(17)5-3-10/h2-9,18H,1H3,(H,20,21)(H,22,23). The zero-order valence-electron chi connectivity index (χ0n) is 12.3. The maximum Gasteiger partial charge on any atom is 0.272 e. The smallest absolute Gasteiger partial charge is 0.272 e. The van der Waals surface area contributed by atoms with Crippen LogP contribution in [0.25, 0.3) is 22.3 Å². The SMILES string of the molecule is CNNc1n[nH]c(=O)c(-c2ccc(Cl)cc2)c1-c1ccncc1. The third-order valence-corrected chi connectivity index (χ3v) is 3.58. The lowest BCUT2D eigenvalue weighted by atomic mass is 9.97. The van der Waals surface area contributed by atoms with Crippen LogP contribution >= 0.6 is 11.6 Å². The largest absolute Gasteiger partial charge is 0.304 e. The zero-order valence-corrected chi connectivity index (χ0v) is 13.1. The Bertz CT molecular complexity index is 862. The fraction of sp³-hybridized carbons (Fsp3) is 0.0625. The molecule has 2 heterocycles. The Morgan fingerprint density at radius 2 is 1.65 bits per heavy atom. The molecule has 0 aliphatic rings. The molecule has 0 saturated heterocycles. The van der Waals surface area contributed by atoms with Crippen molar-refractivity contribution in [3.05, 3.63) is 64.2 Å². The molecule has 116 valence electrons. The number of rotatable bonds is 4. The van der Waals surface area contributed by atoms with Gasteiger partial charge in [-0.05, 0) is 35.4 Å². The Labute approximate surface area is 137 Å². The summed E-state index contributed by atoms with van der Waals surface area (Å²) in [5.74, 6) is 0.517. The number of pyridine rings is 1. The number of hydrogen-bond acceptors (Lipinski definition) is 5. The molecule has 3 N–H and O–H groups in total. The predicted molar refractivity (Wildman–Crippen MR) is 91.2 cm³/mol. The summed E-state index contributed by atoms with van der Waals surface area (Å²) in [6.45, 7) is 0. The number of nitrogens with zero attached hydrogens (tertiary/aromatic N) is 2. The second kappa shape index (κ2) is 6.60. The van der Waals surface area contributed by atoms with Crippen molar-refractivity contribution >= 4 is 17.4 Å². The number of H-pyrrole nitrogens is 1. The molecule has 3 rings (SSSR count). The van der Waals surface area contributed by atoms with Crippen LogP contribution in [0.2, 0.25) is 5.02 Å². The van der Waals surface area contributed by atoms with Gasteiger partial charge in [-0.2, -0.15) is 5.10 Å². The van der Waals surface area contributed by atoms with Gasteiger partial charge >= 0.3 is 0 Å². The molecule has 0 unspecified atom stereocenters. The van der Waals surface area contributed by atoms with Gasteiger partial charge < -0.3 is 5.43 Å². The van der Waals surface area contributed by atoms with Crippen LogP contribution in [-0.2, 0) is 0 Å². The van der Waals surface area contributed by atoms with Gasteiger partial charge in [0, 0.05) is 30.0 Å². The Hall–Kier alpha value is -2.70. The monoisotopic (exact) mass is 327 g/mol. The van der Waals surface area contributed by atoms with Crippen LogP contribution in [0.15, 0.2) is 53.6 Å². The fourth-order valence-electron chi connectivity index (χ4n) is 2.35. The van der Waals surface area contributed by atoms with Crippen LogP contribution in [-0.4, -0.2) is 22.2 Å². The van der Waals surface area contributed by atoms with Crippen molar-refractivity contribution in [3.63, 3.8) is 0 Å². The van der Waals surface area contributed by atoms with Gasteiger partial charge in [0.15, 0.2) is 5.82 Å². The fourth-order valence-corrected chi connectivity index (χ4v) is 2.48. The molecule has 2 aromatic heterocycles. The summed E-state index contributed by atoms with van der Waals surface area (Å²) in [4.78, 5) is 16.5. The summed E-state index contributed by atoms with van der Waals surface area (Å²) < 4.78 is 0. The molecule has 0 amide bonds. The first kappa shape index (κ1) is 15.2. The molecule has 0 aliphatic carbocycles. The van der Waals surface area contributed by atoms with Crippen LogP contribution in [0.4, 0.5) is 5.82 Å². The molecule has 0 spiro atoms. The minimum Gasteiger partial charge on any atom is -0.304 e. The van der Waals surface area contributed by atoms with Gasteiger partial charge in [0.05, 0.1) is 5.56 Å². The molecule has 0 aliphatic heterocycles. The molecule has 0 atom stereocenters. The highest BCUT2D eigenvalue weighted by Crippen LogP contribution is 2.33. The lowest BCUT2D eigenvalue weighted by Gasteiger charge is -2.14. The van der Waals surface area contributed by atoms with Crippen LogP contribution in [0.5, 0.6) is 0 Å². The molecule has 23 heavy (non-hydrogen) atoms. The molecule has 0 bridgehead atoms. The number of hydrogen-bond donors (Lipinski definition) is 3. The number of aromatic amines is 1. The van der Waals surface area contributed by atoms with E-state index in [-0.39, 0.29) is 5.56 Å². The van der Waals surface area contributed by atoms with Crippen molar-refractivity contribution < 1.29 is 0 Å². The van der Waals surface area contributed by atoms with E-state index in [1.807, 2.05) is 12.1 Å². The van der Waals surface area contributed by atoms with E-state index in [9.17, 15) is 4.79 Å². The molecule has 1 aromatic carbocycles. The molecule has 3 aromatic rings. The second-order valence-electron chi connectivity index (χ2n) is 4.77. The first-order valence-corrected chi connectivity index (χ1v) is 7.30. The van der Waals surface area contributed by atoms with Gasteiger partial charge in [-0.15, -0.1) is 0 Å². The van der Waals surface area contributed by atoms with Crippen molar-refractivity contribution in [2.45, 2.75) is 0 Å².